The van der Waals surface area contributed by atoms with E-state index in [9.17, 15) is 0 Å². The van der Waals surface area contributed by atoms with Crippen LogP contribution in [0.25, 0.3) is 76.8 Å². The Balaban J connectivity index is 1.17. The van der Waals surface area contributed by atoms with Crippen molar-refractivity contribution in [3.63, 3.8) is 0 Å². The smallest absolute Gasteiger partial charge is 0.0541 e. The number of aromatic nitrogens is 3. The van der Waals surface area contributed by atoms with E-state index >= 15 is 0 Å². The molecular weight excluding hydrogens is 607 g/mol. The lowest BCUT2D eigenvalue weighted by Crippen LogP contribution is -2.55. The summed E-state index contributed by atoms with van der Waals surface area (Å²) in [7, 11) is 0. The minimum Gasteiger partial charge on any atom is -0.334 e. The zero-order chi connectivity index (χ0) is 32.8. The van der Waals surface area contributed by atoms with E-state index in [-0.39, 0.29) is 5.54 Å². The minimum absolute atomic E-state index is 0.182. The Morgan fingerprint density at radius 2 is 0.840 bits per heavy atom. The first-order chi connectivity index (χ1) is 24.6. The Bertz CT molecular complexity index is 2580. The molecule has 0 radical (unpaired) electrons. The van der Waals surface area contributed by atoms with Crippen LogP contribution in [0.4, 0.5) is 0 Å². The predicted octanol–water partition coefficient (Wildman–Crippen LogP) is 12.3. The molecule has 3 heterocycles. The molecule has 0 aliphatic heterocycles. The van der Waals surface area contributed by atoms with Gasteiger partial charge in [0.15, 0.2) is 0 Å². The predicted molar refractivity (Wildman–Crippen MR) is 209 cm³/mol. The van der Waals surface area contributed by atoms with Gasteiger partial charge in [0, 0.05) is 60.3 Å². The van der Waals surface area contributed by atoms with Gasteiger partial charge in [0.1, 0.15) is 0 Å². The maximum Gasteiger partial charge on any atom is 0.0541 e. The van der Waals surface area contributed by atoms with Crippen LogP contribution in [0.5, 0.6) is 0 Å². The average molecular weight is 646 g/mol. The molecule has 3 nitrogen and oxygen atoms in total. The van der Waals surface area contributed by atoms with Gasteiger partial charge in [-0.25, -0.2) is 0 Å². The van der Waals surface area contributed by atoms with Gasteiger partial charge in [-0.05, 0) is 116 Å². The summed E-state index contributed by atoms with van der Waals surface area (Å²) in [6, 6.07) is 50.3. The third-order valence-corrected chi connectivity index (χ3v) is 13.2. The molecule has 4 aliphatic rings. The van der Waals surface area contributed by atoms with Crippen LogP contribution >= 0.6 is 0 Å². The molecule has 3 aromatic heterocycles. The van der Waals surface area contributed by atoms with Gasteiger partial charge in [-0.15, -0.1) is 0 Å². The molecule has 4 bridgehead atoms. The first kappa shape index (κ1) is 27.5. The van der Waals surface area contributed by atoms with E-state index in [0.717, 1.165) is 11.8 Å². The molecule has 242 valence electrons. The summed E-state index contributed by atoms with van der Waals surface area (Å²) in [5.74, 6) is 1.70. The number of hydrogen-bond acceptors (Lipinski definition) is 0. The van der Waals surface area contributed by atoms with Gasteiger partial charge in [-0.1, -0.05) is 79.7 Å². The standard InChI is InChI=1S/C47H39N3/c1-46-25-30-22-31(26-46)28-47(27-30,29-46)50-44-20-18-32(48-40-14-6-2-10-34(40)35-11-3-7-15-41(35)48)23-38(44)39-24-33(19-21-45(39)50)49-42-16-8-4-12-36(42)37-13-5-9-17-43(37)49/h2-21,23-24,30-31H,22,25-29H2,1H3. The van der Waals surface area contributed by atoms with E-state index in [1.807, 2.05) is 0 Å². The Morgan fingerprint density at radius 1 is 0.440 bits per heavy atom. The van der Waals surface area contributed by atoms with Crippen LogP contribution in [0.1, 0.15) is 45.4 Å². The third kappa shape index (κ3) is 3.55. The molecular formula is C47H39N3. The molecule has 0 amide bonds. The Morgan fingerprint density at radius 3 is 1.24 bits per heavy atom. The van der Waals surface area contributed by atoms with Crippen molar-refractivity contribution in [2.24, 2.45) is 17.3 Å². The van der Waals surface area contributed by atoms with E-state index in [4.69, 9.17) is 0 Å². The molecule has 0 spiro atoms. The molecule has 0 N–H and O–H groups in total. The second kappa shape index (κ2) is 9.48. The highest BCUT2D eigenvalue weighted by molar-refractivity contribution is 6.13. The highest BCUT2D eigenvalue weighted by atomic mass is 15.1. The normalized spacial score (nSPS) is 24.6. The minimum atomic E-state index is 0.182. The van der Waals surface area contributed by atoms with Gasteiger partial charge in [-0.3, -0.25) is 0 Å². The molecule has 0 saturated heterocycles. The molecule has 9 aromatic rings. The van der Waals surface area contributed by atoms with E-state index in [1.165, 1.54) is 115 Å². The monoisotopic (exact) mass is 645 g/mol. The summed E-state index contributed by atoms with van der Waals surface area (Å²) < 4.78 is 7.82. The molecule has 4 fully saturated rings. The third-order valence-electron chi connectivity index (χ3n) is 13.2. The van der Waals surface area contributed by atoms with Crippen molar-refractivity contribution in [2.45, 2.75) is 51.0 Å². The topological polar surface area (TPSA) is 14.8 Å². The Hall–Kier alpha value is -5.28. The first-order valence-corrected chi connectivity index (χ1v) is 18.6. The fourth-order valence-electron chi connectivity index (χ4n) is 12.1. The number of benzene rings is 6. The molecule has 3 heteroatoms. The van der Waals surface area contributed by atoms with E-state index in [0.29, 0.717) is 5.41 Å². The van der Waals surface area contributed by atoms with Gasteiger partial charge in [0.2, 0.25) is 0 Å². The van der Waals surface area contributed by atoms with Crippen LogP contribution in [-0.4, -0.2) is 13.7 Å². The van der Waals surface area contributed by atoms with Gasteiger partial charge < -0.3 is 13.7 Å². The summed E-state index contributed by atoms with van der Waals surface area (Å²) in [6.07, 6.45) is 8.21. The number of hydrogen-bond donors (Lipinski definition) is 0. The summed E-state index contributed by atoms with van der Waals surface area (Å²) in [4.78, 5) is 0. The van der Waals surface area contributed by atoms with Crippen LogP contribution in [0, 0.1) is 17.3 Å². The highest BCUT2D eigenvalue weighted by Gasteiger charge is 2.57. The molecule has 13 rings (SSSR count). The van der Waals surface area contributed by atoms with Gasteiger partial charge in [0.25, 0.3) is 0 Å². The van der Waals surface area contributed by atoms with Crippen LogP contribution < -0.4 is 0 Å². The zero-order valence-corrected chi connectivity index (χ0v) is 28.4. The first-order valence-electron chi connectivity index (χ1n) is 18.6. The zero-order valence-electron chi connectivity index (χ0n) is 28.4. The number of nitrogens with zero attached hydrogens (tertiary/aromatic N) is 3. The van der Waals surface area contributed by atoms with Crippen molar-refractivity contribution < 1.29 is 0 Å². The van der Waals surface area contributed by atoms with Crippen LogP contribution in [-0.2, 0) is 5.54 Å². The van der Waals surface area contributed by atoms with Crippen LogP contribution in [0.3, 0.4) is 0 Å². The summed E-state index contributed by atoms with van der Waals surface area (Å²) in [5, 5.41) is 7.95. The Kier molecular flexibility index (Phi) is 5.22. The second-order valence-corrected chi connectivity index (χ2v) is 16.5. The fraction of sp³-hybridized carbons (Fsp3) is 0.234. The van der Waals surface area contributed by atoms with Crippen molar-refractivity contribution in [3.8, 4) is 11.4 Å². The largest absolute Gasteiger partial charge is 0.334 e. The molecule has 4 aliphatic carbocycles. The molecule has 6 aromatic carbocycles. The Labute approximate surface area is 291 Å². The van der Waals surface area contributed by atoms with Crippen LogP contribution in [0.2, 0.25) is 0 Å². The average Bonchev–Trinajstić information content (AvgIpc) is 3.76. The number of para-hydroxylation sites is 4. The van der Waals surface area contributed by atoms with E-state index < -0.39 is 0 Å². The number of fused-ring (bicyclic) bond motifs is 9. The number of rotatable bonds is 3. The van der Waals surface area contributed by atoms with E-state index in [2.05, 4.69) is 154 Å². The summed E-state index contributed by atoms with van der Waals surface area (Å²) >= 11 is 0. The fourth-order valence-corrected chi connectivity index (χ4v) is 12.1. The van der Waals surface area contributed by atoms with Crippen LogP contribution in [0.15, 0.2) is 133 Å². The SMILES string of the molecule is CC12CC3CC(C1)CC(n1c4ccc(-n5c6ccccc6c6ccccc65)cc4c4cc(-n5c6ccccc6c6ccccc65)ccc41)(C3)C2. The molecule has 2 unspecified atom stereocenters. The molecule has 4 saturated carbocycles. The molecule has 2 atom stereocenters. The van der Waals surface area contributed by atoms with Crippen molar-refractivity contribution >= 4 is 65.4 Å². The maximum atomic E-state index is 2.86. The van der Waals surface area contributed by atoms with Crippen molar-refractivity contribution in [1.82, 2.24) is 13.7 Å². The van der Waals surface area contributed by atoms with Crippen molar-refractivity contribution in [3.05, 3.63) is 133 Å². The quantitative estimate of drug-likeness (QED) is 0.182. The second-order valence-electron chi connectivity index (χ2n) is 16.5. The van der Waals surface area contributed by atoms with Gasteiger partial charge >= 0.3 is 0 Å². The highest BCUT2D eigenvalue weighted by Crippen LogP contribution is 2.65. The van der Waals surface area contributed by atoms with Crippen molar-refractivity contribution in [1.29, 1.82) is 0 Å². The summed E-state index contributed by atoms with van der Waals surface area (Å²) in [5.41, 5.74) is 10.9. The van der Waals surface area contributed by atoms with Gasteiger partial charge in [-0.2, -0.15) is 0 Å². The maximum absolute atomic E-state index is 2.86. The van der Waals surface area contributed by atoms with Crippen molar-refractivity contribution in [2.75, 3.05) is 0 Å². The summed E-state index contributed by atoms with van der Waals surface area (Å²) in [6.45, 7) is 2.61. The molecule has 50 heavy (non-hydrogen) atoms. The lowest BCUT2D eigenvalue weighted by Gasteiger charge is -2.62. The van der Waals surface area contributed by atoms with Gasteiger partial charge in [0.05, 0.1) is 22.1 Å². The lowest BCUT2D eigenvalue weighted by molar-refractivity contribution is -0.0888. The van der Waals surface area contributed by atoms with E-state index in [1.54, 1.807) is 0 Å². The lowest BCUT2D eigenvalue weighted by atomic mass is 9.47.